The van der Waals surface area contributed by atoms with E-state index in [1.54, 1.807) is 18.1 Å². The SMILES string of the molecule is CC(C)c1nc(C(=O)N(C)Cc2nccn2C)n[nH]1. The van der Waals surface area contributed by atoms with E-state index in [9.17, 15) is 4.79 Å². The molecule has 0 unspecified atom stereocenters. The standard InChI is InChI=1S/C12H18N6O/c1-8(2)10-14-11(16-15-10)12(19)18(4)7-9-13-5-6-17(9)3/h5-6,8H,7H2,1-4H3,(H,14,15,16). The quantitative estimate of drug-likeness (QED) is 0.889. The van der Waals surface area contributed by atoms with Crippen molar-refractivity contribution in [2.24, 2.45) is 7.05 Å². The van der Waals surface area contributed by atoms with Gasteiger partial charge in [-0.25, -0.2) is 9.97 Å². The zero-order valence-corrected chi connectivity index (χ0v) is 11.6. The predicted octanol–water partition coefficient (Wildman–Crippen LogP) is 0.934. The summed E-state index contributed by atoms with van der Waals surface area (Å²) in [5, 5.41) is 6.74. The van der Waals surface area contributed by atoms with Crippen LogP contribution in [0.3, 0.4) is 0 Å². The van der Waals surface area contributed by atoms with Gasteiger partial charge in [0.25, 0.3) is 5.91 Å². The fourth-order valence-corrected chi connectivity index (χ4v) is 1.63. The highest BCUT2D eigenvalue weighted by molar-refractivity contribution is 5.90. The first-order valence-electron chi connectivity index (χ1n) is 6.13. The molecule has 0 saturated heterocycles. The van der Waals surface area contributed by atoms with Crippen LogP contribution >= 0.6 is 0 Å². The van der Waals surface area contributed by atoms with E-state index >= 15 is 0 Å². The molecule has 102 valence electrons. The molecule has 0 aliphatic carbocycles. The lowest BCUT2D eigenvalue weighted by Gasteiger charge is -2.14. The fourth-order valence-electron chi connectivity index (χ4n) is 1.63. The van der Waals surface area contributed by atoms with E-state index in [4.69, 9.17) is 0 Å². The van der Waals surface area contributed by atoms with Crippen molar-refractivity contribution in [1.82, 2.24) is 29.6 Å². The number of nitrogens with one attached hydrogen (secondary N) is 1. The number of rotatable bonds is 4. The zero-order chi connectivity index (χ0) is 14.0. The van der Waals surface area contributed by atoms with Crippen molar-refractivity contribution in [2.75, 3.05) is 7.05 Å². The van der Waals surface area contributed by atoms with Gasteiger partial charge in [0.15, 0.2) is 0 Å². The second-order valence-corrected chi connectivity index (χ2v) is 4.81. The van der Waals surface area contributed by atoms with Crippen LogP contribution in [0.1, 0.15) is 42.0 Å². The number of hydrogen-bond donors (Lipinski definition) is 1. The molecule has 0 aliphatic rings. The summed E-state index contributed by atoms with van der Waals surface area (Å²) in [6.07, 6.45) is 3.55. The number of aryl methyl sites for hydroxylation is 1. The number of carbonyl (C=O) groups excluding carboxylic acids is 1. The summed E-state index contributed by atoms with van der Waals surface area (Å²) in [6.45, 7) is 4.41. The number of imidazole rings is 1. The van der Waals surface area contributed by atoms with E-state index in [0.717, 1.165) is 5.82 Å². The molecule has 2 aromatic rings. The van der Waals surface area contributed by atoms with Crippen molar-refractivity contribution in [2.45, 2.75) is 26.3 Å². The van der Waals surface area contributed by atoms with Gasteiger partial charge in [0.05, 0.1) is 6.54 Å². The molecule has 0 atom stereocenters. The smallest absolute Gasteiger partial charge is 0.293 e. The van der Waals surface area contributed by atoms with Crippen LogP contribution in [0, 0.1) is 0 Å². The predicted molar refractivity (Wildman–Crippen MR) is 69.5 cm³/mol. The zero-order valence-electron chi connectivity index (χ0n) is 11.6. The van der Waals surface area contributed by atoms with Gasteiger partial charge in [-0.3, -0.25) is 9.89 Å². The van der Waals surface area contributed by atoms with Gasteiger partial charge in [0.1, 0.15) is 11.6 Å². The number of hydrogen-bond acceptors (Lipinski definition) is 4. The lowest BCUT2D eigenvalue weighted by atomic mass is 10.2. The normalized spacial score (nSPS) is 11.0. The number of carbonyl (C=O) groups is 1. The molecule has 0 aliphatic heterocycles. The molecule has 19 heavy (non-hydrogen) atoms. The van der Waals surface area contributed by atoms with Crippen molar-refractivity contribution in [3.05, 3.63) is 29.9 Å². The highest BCUT2D eigenvalue weighted by atomic mass is 16.2. The Morgan fingerprint density at radius 3 is 2.79 bits per heavy atom. The van der Waals surface area contributed by atoms with Crippen LogP contribution in [0.15, 0.2) is 12.4 Å². The molecule has 0 fully saturated rings. The third-order valence-corrected chi connectivity index (χ3v) is 2.89. The maximum Gasteiger partial charge on any atom is 0.293 e. The largest absolute Gasteiger partial charge is 0.337 e. The first-order valence-corrected chi connectivity index (χ1v) is 6.13. The van der Waals surface area contributed by atoms with E-state index in [0.29, 0.717) is 12.4 Å². The molecular weight excluding hydrogens is 244 g/mol. The van der Waals surface area contributed by atoms with Crippen LogP contribution < -0.4 is 0 Å². The molecule has 1 amide bonds. The first-order chi connectivity index (χ1) is 8.99. The number of amides is 1. The van der Waals surface area contributed by atoms with Gasteiger partial charge in [0, 0.05) is 32.4 Å². The lowest BCUT2D eigenvalue weighted by molar-refractivity contribution is 0.0769. The number of H-pyrrole nitrogens is 1. The van der Waals surface area contributed by atoms with Crippen LogP contribution in [0.25, 0.3) is 0 Å². The summed E-state index contributed by atoms with van der Waals surface area (Å²) in [5.74, 6) is 1.73. The molecule has 0 bridgehead atoms. The Kier molecular flexibility index (Phi) is 3.64. The Bertz CT molecular complexity index is 570. The number of nitrogens with zero attached hydrogens (tertiary/aromatic N) is 5. The first kappa shape index (κ1) is 13.3. The Labute approximate surface area is 111 Å². The Hall–Kier alpha value is -2.18. The van der Waals surface area contributed by atoms with Gasteiger partial charge < -0.3 is 9.47 Å². The van der Waals surface area contributed by atoms with Gasteiger partial charge in [0.2, 0.25) is 5.82 Å². The highest BCUT2D eigenvalue weighted by Crippen LogP contribution is 2.09. The fraction of sp³-hybridized carbons (Fsp3) is 0.500. The summed E-state index contributed by atoms with van der Waals surface area (Å²) in [5.41, 5.74) is 0. The molecule has 0 spiro atoms. The molecule has 2 heterocycles. The molecule has 7 nitrogen and oxygen atoms in total. The van der Waals surface area contributed by atoms with Crippen molar-refractivity contribution in [3.8, 4) is 0 Å². The molecule has 2 rings (SSSR count). The highest BCUT2D eigenvalue weighted by Gasteiger charge is 2.19. The third-order valence-electron chi connectivity index (χ3n) is 2.89. The minimum absolute atomic E-state index is 0.195. The Morgan fingerprint density at radius 1 is 1.53 bits per heavy atom. The molecular formula is C12H18N6O. The van der Waals surface area contributed by atoms with Gasteiger partial charge >= 0.3 is 0 Å². The number of aromatic amines is 1. The molecule has 7 heteroatoms. The van der Waals surface area contributed by atoms with Gasteiger partial charge in [-0.15, -0.1) is 5.10 Å². The van der Waals surface area contributed by atoms with Crippen molar-refractivity contribution in [3.63, 3.8) is 0 Å². The van der Waals surface area contributed by atoms with Crippen molar-refractivity contribution in [1.29, 1.82) is 0 Å². The third kappa shape index (κ3) is 2.81. The second kappa shape index (κ2) is 5.21. The van der Waals surface area contributed by atoms with Crippen LogP contribution in [0.2, 0.25) is 0 Å². The maximum atomic E-state index is 12.2. The summed E-state index contributed by atoms with van der Waals surface area (Å²) in [4.78, 5) is 22.1. The van der Waals surface area contributed by atoms with Crippen LogP contribution in [0.5, 0.6) is 0 Å². The minimum Gasteiger partial charge on any atom is -0.337 e. The van der Waals surface area contributed by atoms with Gasteiger partial charge in [-0.1, -0.05) is 13.8 Å². The van der Waals surface area contributed by atoms with E-state index in [-0.39, 0.29) is 17.6 Å². The number of aromatic nitrogens is 5. The Morgan fingerprint density at radius 2 is 2.26 bits per heavy atom. The topological polar surface area (TPSA) is 79.7 Å². The Balaban J connectivity index is 2.08. The summed E-state index contributed by atoms with van der Waals surface area (Å²) in [6, 6.07) is 0. The molecule has 0 radical (unpaired) electrons. The molecule has 0 saturated carbocycles. The molecule has 1 N–H and O–H groups in total. The van der Waals surface area contributed by atoms with Crippen LogP contribution in [-0.2, 0) is 13.6 Å². The van der Waals surface area contributed by atoms with Crippen molar-refractivity contribution < 1.29 is 4.79 Å². The summed E-state index contributed by atoms with van der Waals surface area (Å²) < 4.78 is 1.88. The van der Waals surface area contributed by atoms with E-state index in [1.807, 2.05) is 31.7 Å². The van der Waals surface area contributed by atoms with E-state index < -0.39 is 0 Å². The van der Waals surface area contributed by atoms with Gasteiger partial charge in [-0.2, -0.15) is 0 Å². The average molecular weight is 262 g/mol. The lowest BCUT2D eigenvalue weighted by Crippen LogP contribution is -2.28. The monoisotopic (exact) mass is 262 g/mol. The van der Waals surface area contributed by atoms with Crippen LogP contribution in [-0.4, -0.2) is 42.6 Å². The van der Waals surface area contributed by atoms with Crippen molar-refractivity contribution >= 4 is 5.91 Å². The molecule has 2 aromatic heterocycles. The van der Waals surface area contributed by atoms with E-state index in [1.165, 1.54) is 0 Å². The van der Waals surface area contributed by atoms with Crippen LogP contribution in [0.4, 0.5) is 0 Å². The average Bonchev–Trinajstić information content (AvgIpc) is 2.98. The summed E-state index contributed by atoms with van der Waals surface area (Å²) >= 11 is 0. The second-order valence-electron chi connectivity index (χ2n) is 4.81. The van der Waals surface area contributed by atoms with Gasteiger partial charge in [-0.05, 0) is 0 Å². The van der Waals surface area contributed by atoms with E-state index in [2.05, 4.69) is 20.2 Å². The maximum absolute atomic E-state index is 12.2. The molecule has 0 aromatic carbocycles. The minimum atomic E-state index is -0.217. The summed E-state index contributed by atoms with van der Waals surface area (Å²) in [7, 11) is 3.60.